The summed E-state index contributed by atoms with van der Waals surface area (Å²) in [6.45, 7) is 3.49. The number of hydrogen-bond acceptors (Lipinski definition) is 3. The van der Waals surface area contributed by atoms with Gasteiger partial charge in [-0.05, 0) is 18.6 Å². The Morgan fingerprint density at radius 2 is 2.04 bits per heavy atom. The normalized spacial score (nSPS) is 11.0. The Balaban J connectivity index is 1.57. The Bertz CT molecular complexity index is 832. The molecule has 1 amide bonds. The number of nitrogens with zero attached hydrogens (tertiary/aromatic N) is 4. The van der Waals surface area contributed by atoms with Gasteiger partial charge in [0.2, 0.25) is 5.91 Å². The number of amides is 1. The summed E-state index contributed by atoms with van der Waals surface area (Å²) in [5.41, 5.74) is 2.05. The summed E-state index contributed by atoms with van der Waals surface area (Å²) < 4.78 is 3.60. The van der Waals surface area contributed by atoms with E-state index in [1.807, 2.05) is 54.3 Å². The van der Waals surface area contributed by atoms with Crippen LogP contribution >= 0.6 is 0 Å². The quantitative estimate of drug-likeness (QED) is 0.710. The van der Waals surface area contributed by atoms with Crippen LogP contribution in [0.5, 0.6) is 0 Å². The lowest BCUT2D eigenvalue weighted by molar-refractivity contribution is -0.111. The first-order valence-electron chi connectivity index (χ1n) is 7.82. The molecular weight excluding hydrogens is 302 g/mol. The average Bonchev–Trinajstić information content (AvgIpc) is 3.23. The van der Waals surface area contributed by atoms with Gasteiger partial charge in [0.15, 0.2) is 5.82 Å². The summed E-state index contributed by atoms with van der Waals surface area (Å²) in [6, 6.07) is 11.8. The summed E-state index contributed by atoms with van der Waals surface area (Å²) in [5, 5.41) is 11.3. The van der Waals surface area contributed by atoms with E-state index >= 15 is 0 Å². The van der Waals surface area contributed by atoms with Gasteiger partial charge in [-0.2, -0.15) is 10.2 Å². The van der Waals surface area contributed by atoms with Crippen LogP contribution in [0.4, 0.5) is 5.82 Å². The number of carbonyl (C=O) groups excluding carboxylic acids is 1. The molecule has 0 radical (unpaired) electrons. The minimum atomic E-state index is -0.218. The lowest BCUT2D eigenvalue weighted by Crippen LogP contribution is -2.09. The van der Waals surface area contributed by atoms with Crippen molar-refractivity contribution in [3.63, 3.8) is 0 Å². The molecule has 2 aromatic heterocycles. The maximum atomic E-state index is 12.0. The number of carbonyl (C=O) groups is 1. The number of rotatable bonds is 6. The molecule has 1 N–H and O–H groups in total. The molecule has 0 saturated heterocycles. The second kappa shape index (κ2) is 7.41. The number of benzene rings is 1. The predicted molar refractivity (Wildman–Crippen MR) is 93.3 cm³/mol. The monoisotopic (exact) mass is 321 g/mol. The largest absolute Gasteiger partial charge is 0.306 e. The van der Waals surface area contributed by atoms with Crippen molar-refractivity contribution in [2.24, 2.45) is 0 Å². The summed E-state index contributed by atoms with van der Waals surface area (Å²) >= 11 is 0. The van der Waals surface area contributed by atoms with Gasteiger partial charge in [-0.3, -0.25) is 14.2 Å². The van der Waals surface area contributed by atoms with Crippen molar-refractivity contribution in [3.8, 4) is 0 Å². The van der Waals surface area contributed by atoms with Crippen molar-refractivity contribution >= 4 is 17.8 Å². The van der Waals surface area contributed by atoms with Crippen LogP contribution < -0.4 is 5.32 Å². The first-order valence-corrected chi connectivity index (χ1v) is 7.82. The summed E-state index contributed by atoms with van der Waals surface area (Å²) in [6.07, 6.45) is 8.67. The highest BCUT2D eigenvalue weighted by molar-refractivity contribution is 6.01. The molecule has 0 unspecified atom stereocenters. The summed E-state index contributed by atoms with van der Waals surface area (Å²) in [4.78, 5) is 12.0. The van der Waals surface area contributed by atoms with Crippen molar-refractivity contribution in [2.75, 3.05) is 5.32 Å². The second-order valence-corrected chi connectivity index (χ2v) is 5.34. The van der Waals surface area contributed by atoms with Crippen LogP contribution in [0.25, 0.3) is 6.08 Å². The number of aromatic nitrogens is 4. The Labute approximate surface area is 140 Å². The molecule has 0 bridgehead atoms. The van der Waals surface area contributed by atoms with Crippen LogP contribution in [0.3, 0.4) is 0 Å². The van der Waals surface area contributed by atoms with Crippen LogP contribution in [0.2, 0.25) is 0 Å². The van der Waals surface area contributed by atoms with E-state index in [1.165, 1.54) is 6.08 Å². The molecule has 6 nitrogen and oxygen atoms in total. The molecule has 3 rings (SSSR count). The smallest absolute Gasteiger partial charge is 0.249 e. The molecule has 0 spiro atoms. The van der Waals surface area contributed by atoms with Crippen molar-refractivity contribution in [3.05, 3.63) is 72.2 Å². The third kappa shape index (κ3) is 4.19. The van der Waals surface area contributed by atoms with Crippen LogP contribution in [0, 0.1) is 0 Å². The molecule has 0 atom stereocenters. The van der Waals surface area contributed by atoms with E-state index in [9.17, 15) is 4.79 Å². The number of aryl methyl sites for hydroxylation is 1. The van der Waals surface area contributed by atoms with E-state index in [0.717, 1.165) is 17.7 Å². The Morgan fingerprint density at radius 3 is 2.79 bits per heavy atom. The minimum Gasteiger partial charge on any atom is -0.306 e. The fourth-order valence-electron chi connectivity index (χ4n) is 2.27. The predicted octanol–water partition coefficient (Wildman–Crippen LogP) is 2.80. The van der Waals surface area contributed by atoms with Gasteiger partial charge >= 0.3 is 0 Å². The second-order valence-electron chi connectivity index (χ2n) is 5.34. The van der Waals surface area contributed by atoms with Gasteiger partial charge in [0.1, 0.15) is 0 Å². The van der Waals surface area contributed by atoms with Crippen molar-refractivity contribution in [1.29, 1.82) is 0 Å². The van der Waals surface area contributed by atoms with Gasteiger partial charge in [-0.1, -0.05) is 30.3 Å². The Hall–Kier alpha value is -3.15. The molecule has 24 heavy (non-hydrogen) atoms. The fourth-order valence-corrected chi connectivity index (χ4v) is 2.27. The highest BCUT2D eigenvalue weighted by Gasteiger charge is 2.03. The highest BCUT2D eigenvalue weighted by atomic mass is 16.1. The topological polar surface area (TPSA) is 64.7 Å². The van der Waals surface area contributed by atoms with Gasteiger partial charge in [-0.25, -0.2) is 0 Å². The minimum absolute atomic E-state index is 0.218. The Morgan fingerprint density at radius 1 is 1.21 bits per heavy atom. The van der Waals surface area contributed by atoms with E-state index in [0.29, 0.717) is 12.4 Å². The third-order valence-corrected chi connectivity index (χ3v) is 3.48. The lowest BCUT2D eigenvalue weighted by atomic mass is 10.2. The molecule has 1 aromatic carbocycles. The van der Waals surface area contributed by atoms with Crippen LogP contribution in [0.1, 0.15) is 18.1 Å². The van der Waals surface area contributed by atoms with Crippen molar-refractivity contribution in [2.45, 2.75) is 20.0 Å². The van der Waals surface area contributed by atoms with Gasteiger partial charge < -0.3 is 5.32 Å². The maximum absolute atomic E-state index is 12.0. The van der Waals surface area contributed by atoms with Gasteiger partial charge in [0.05, 0.1) is 12.7 Å². The number of hydrogen-bond donors (Lipinski definition) is 1. The van der Waals surface area contributed by atoms with Crippen molar-refractivity contribution in [1.82, 2.24) is 19.6 Å². The van der Waals surface area contributed by atoms with Gasteiger partial charge in [0, 0.05) is 36.6 Å². The molecule has 0 fully saturated rings. The molecule has 0 aliphatic rings. The average molecular weight is 321 g/mol. The van der Waals surface area contributed by atoms with Crippen LogP contribution in [-0.4, -0.2) is 25.5 Å². The van der Waals surface area contributed by atoms with E-state index in [4.69, 9.17) is 0 Å². The molecule has 122 valence electrons. The van der Waals surface area contributed by atoms with Crippen LogP contribution in [0.15, 0.2) is 61.1 Å². The molecule has 0 saturated carbocycles. The van der Waals surface area contributed by atoms with E-state index in [1.54, 1.807) is 23.0 Å². The van der Waals surface area contributed by atoms with Crippen molar-refractivity contribution < 1.29 is 4.79 Å². The zero-order valence-corrected chi connectivity index (χ0v) is 13.5. The van der Waals surface area contributed by atoms with Gasteiger partial charge in [-0.15, -0.1) is 0 Å². The molecule has 0 aliphatic heterocycles. The fraction of sp³-hybridized carbons (Fsp3) is 0.167. The SMILES string of the molecule is CCn1cc(/C=C/C(=O)Nc2ccn(Cc3ccccc3)n2)cn1. The first-order chi connectivity index (χ1) is 11.7. The molecule has 2 heterocycles. The van der Waals surface area contributed by atoms with E-state index in [-0.39, 0.29) is 5.91 Å². The first kappa shape index (κ1) is 15.7. The molecule has 0 aliphatic carbocycles. The molecule has 3 aromatic rings. The number of anilines is 1. The Kier molecular flexibility index (Phi) is 4.86. The van der Waals surface area contributed by atoms with Gasteiger partial charge in [0.25, 0.3) is 0 Å². The summed E-state index contributed by atoms with van der Waals surface area (Å²) in [7, 11) is 0. The zero-order chi connectivity index (χ0) is 16.8. The molecular formula is C18H19N5O. The zero-order valence-electron chi connectivity index (χ0n) is 13.5. The lowest BCUT2D eigenvalue weighted by Gasteiger charge is -2.01. The molecule has 6 heteroatoms. The number of nitrogens with one attached hydrogen (secondary N) is 1. The van der Waals surface area contributed by atoms with E-state index in [2.05, 4.69) is 15.5 Å². The highest BCUT2D eigenvalue weighted by Crippen LogP contribution is 2.07. The van der Waals surface area contributed by atoms with Crippen LogP contribution in [-0.2, 0) is 17.9 Å². The summed E-state index contributed by atoms with van der Waals surface area (Å²) in [5.74, 6) is 0.314. The maximum Gasteiger partial charge on any atom is 0.249 e. The third-order valence-electron chi connectivity index (χ3n) is 3.48. The standard InChI is InChI=1S/C18H19N5O/c1-2-22-14-16(12-19-22)8-9-18(24)20-17-10-11-23(21-17)13-15-6-4-3-5-7-15/h3-12,14H,2,13H2,1H3,(H,20,21,24)/b9-8+. The van der Waals surface area contributed by atoms with E-state index < -0.39 is 0 Å².